The lowest BCUT2D eigenvalue weighted by Gasteiger charge is -2.22. The fourth-order valence-corrected chi connectivity index (χ4v) is 3.97. The fourth-order valence-electron chi connectivity index (χ4n) is 3.97. The van der Waals surface area contributed by atoms with Crippen LogP contribution in [0.25, 0.3) is 5.69 Å². The van der Waals surface area contributed by atoms with Crippen LogP contribution in [-0.2, 0) is 13.1 Å². The molecule has 0 atom stereocenters. The van der Waals surface area contributed by atoms with E-state index in [1.165, 1.54) is 37.1 Å². The summed E-state index contributed by atoms with van der Waals surface area (Å²) >= 11 is 0. The lowest BCUT2D eigenvalue weighted by Crippen LogP contribution is -2.27. The molecular weight excluding hydrogens is 424 g/mol. The van der Waals surface area contributed by atoms with Gasteiger partial charge in [-0.1, -0.05) is 19.1 Å². The molecule has 1 saturated carbocycles. The van der Waals surface area contributed by atoms with Crippen LogP contribution in [0, 0.1) is 17.6 Å². The van der Waals surface area contributed by atoms with E-state index in [2.05, 4.69) is 22.0 Å². The number of benzene rings is 2. The fraction of sp³-hybridized carbons (Fsp3) is 0.400. The van der Waals surface area contributed by atoms with Gasteiger partial charge in [0.05, 0.1) is 24.3 Å². The molecule has 1 aliphatic carbocycles. The van der Waals surface area contributed by atoms with Crippen LogP contribution in [0.15, 0.2) is 42.5 Å². The van der Waals surface area contributed by atoms with E-state index in [9.17, 15) is 13.6 Å². The molecule has 0 bridgehead atoms. The summed E-state index contributed by atoms with van der Waals surface area (Å²) in [6.07, 6.45) is 2.49. The Bertz CT molecular complexity index is 1140. The lowest BCUT2D eigenvalue weighted by molar-refractivity contribution is 0.103. The number of ketones is 1. The topological polar surface area (TPSA) is 54.3 Å². The van der Waals surface area contributed by atoms with Crippen molar-refractivity contribution < 1.29 is 13.6 Å². The van der Waals surface area contributed by atoms with Crippen molar-refractivity contribution in [3.8, 4) is 5.69 Å². The van der Waals surface area contributed by atoms with Gasteiger partial charge in [-0.25, -0.2) is 8.78 Å². The van der Waals surface area contributed by atoms with E-state index in [4.69, 9.17) is 0 Å². The minimum atomic E-state index is -0.642. The number of aromatic nitrogens is 3. The number of hydrogen-bond donors (Lipinski definition) is 0. The largest absolute Gasteiger partial charge is 0.302 e. The van der Waals surface area contributed by atoms with Crippen LogP contribution < -0.4 is 0 Å². The molecular formula is C25H29F2N5O. The Morgan fingerprint density at radius 2 is 1.73 bits per heavy atom. The third-order valence-corrected chi connectivity index (χ3v) is 5.84. The van der Waals surface area contributed by atoms with Crippen LogP contribution >= 0.6 is 0 Å². The highest BCUT2D eigenvalue weighted by Gasteiger charge is 2.27. The number of rotatable bonds is 10. The van der Waals surface area contributed by atoms with Gasteiger partial charge in [-0.2, -0.15) is 0 Å². The summed E-state index contributed by atoms with van der Waals surface area (Å²) in [5.41, 5.74) is 0.424. The molecule has 0 aliphatic heterocycles. The monoisotopic (exact) mass is 453 g/mol. The van der Waals surface area contributed by atoms with Crippen LogP contribution in [0.3, 0.4) is 0 Å². The number of carbonyl (C=O) groups is 1. The molecule has 1 aromatic heterocycles. The Morgan fingerprint density at radius 1 is 1.03 bits per heavy atom. The molecule has 2 aromatic carbocycles. The van der Waals surface area contributed by atoms with Crippen molar-refractivity contribution in [3.63, 3.8) is 0 Å². The molecule has 0 unspecified atom stereocenters. The average Bonchev–Trinajstić information content (AvgIpc) is 3.53. The number of nitrogens with zero attached hydrogens (tertiary/aromatic N) is 5. The maximum atomic E-state index is 14.4. The summed E-state index contributed by atoms with van der Waals surface area (Å²) in [4.78, 5) is 17.6. The molecule has 3 aromatic rings. The van der Waals surface area contributed by atoms with Crippen molar-refractivity contribution >= 4 is 5.78 Å². The minimum Gasteiger partial charge on any atom is -0.302 e. The van der Waals surface area contributed by atoms with Crippen molar-refractivity contribution in [2.24, 2.45) is 5.92 Å². The maximum absolute atomic E-state index is 14.4. The van der Waals surface area contributed by atoms with Crippen molar-refractivity contribution in [2.75, 3.05) is 27.2 Å². The van der Waals surface area contributed by atoms with E-state index in [0.717, 1.165) is 19.2 Å². The first kappa shape index (κ1) is 23.2. The molecule has 8 heteroatoms. The Hall–Kier alpha value is -2.97. The van der Waals surface area contributed by atoms with Gasteiger partial charge in [0, 0.05) is 12.1 Å². The van der Waals surface area contributed by atoms with Crippen LogP contribution in [-0.4, -0.2) is 57.5 Å². The van der Waals surface area contributed by atoms with Gasteiger partial charge >= 0.3 is 0 Å². The van der Waals surface area contributed by atoms with Crippen LogP contribution in [0.4, 0.5) is 8.78 Å². The predicted molar refractivity (Wildman–Crippen MR) is 122 cm³/mol. The maximum Gasteiger partial charge on any atom is 0.198 e. The molecule has 0 amide bonds. The second-order valence-electron chi connectivity index (χ2n) is 8.85. The van der Waals surface area contributed by atoms with E-state index in [1.807, 2.05) is 23.6 Å². The molecule has 0 radical (unpaired) electrons. The third-order valence-electron chi connectivity index (χ3n) is 5.84. The third kappa shape index (κ3) is 5.34. The zero-order valence-electron chi connectivity index (χ0n) is 19.3. The average molecular weight is 454 g/mol. The quantitative estimate of drug-likeness (QED) is 0.433. The van der Waals surface area contributed by atoms with Gasteiger partial charge in [-0.05, 0) is 69.7 Å². The van der Waals surface area contributed by atoms with E-state index in [-0.39, 0.29) is 11.1 Å². The van der Waals surface area contributed by atoms with Crippen molar-refractivity contribution in [2.45, 2.75) is 32.9 Å². The summed E-state index contributed by atoms with van der Waals surface area (Å²) in [6.45, 7) is 4.98. The summed E-state index contributed by atoms with van der Waals surface area (Å²) in [5.74, 6) is 0.230. The first-order valence-corrected chi connectivity index (χ1v) is 11.3. The Labute approximate surface area is 192 Å². The van der Waals surface area contributed by atoms with Crippen molar-refractivity contribution in [1.29, 1.82) is 0 Å². The van der Waals surface area contributed by atoms with Crippen molar-refractivity contribution in [1.82, 2.24) is 24.6 Å². The highest BCUT2D eigenvalue weighted by molar-refractivity contribution is 6.11. The second kappa shape index (κ2) is 9.89. The molecule has 174 valence electrons. The van der Waals surface area contributed by atoms with Crippen molar-refractivity contribution in [3.05, 3.63) is 76.9 Å². The highest BCUT2D eigenvalue weighted by atomic mass is 19.1. The van der Waals surface area contributed by atoms with Crippen LogP contribution in [0.2, 0.25) is 0 Å². The van der Waals surface area contributed by atoms with Crippen LogP contribution in [0.1, 0.15) is 47.3 Å². The molecule has 0 saturated heterocycles. The van der Waals surface area contributed by atoms with Gasteiger partial charge in [-0.15, -0.1) is 10.2 Å². The van der Waals surface area contributed by atoms with Gasteiger partial charge in [0.25, 0.3) is 0 Å². The molecule has 0 spiro atoms. The second-order valence-corrected chi connectivity index (χ2v) is 8.85. The van der Waals surface area contributed by atoms with E-state index < -0.39 is 17.4 Å². The van der Waals surface area contributed by atoms with Gasteiger partial charge in [0.2, 0.25) is 0 Å². The summed E-state index contributed by atoms with van der Waals surface area (Å²) in [6, 6.07) is 9.76. The number of carbonyl (C=O) groups excluding carboxylic acids is 1. The molecule has 1 fully saturated rings. The van der Waals surface area contributed by atoms with Gasteiger partial charge < -0.3 is 4.90 Å². The first-order chi connectivity index (χ1) is 15.9. The Morgan fingerprint density at radius 3 is 2.36 bits per heavy atom. The molecule has 1 aliphatic rings. The molecule has 1 heterocycles. The summed E-state index contributed by atoms with van der Waals surface area (Å²) in [7, 11) is 3.83. The zero-order chi connectivity index (χ0) is 23.5. The molecule has 4 rings (SSSR count). The first-order valence-electron chi connectivity index (χ1n) is 11.3. The minimum absolute atomic E-state index is 0.0754. The van der Waals surface area contributed by atoms with E-state index >= 15 is 0 Å². The Kier molecular flexibility index (Phi) is 6.95. The Balaban J connectivity index is 1.81. The molecule has 33 heavy (non-hydrogen) atoms. The smallest absolute Gasteiger partial charge is 0.198 e. The van der Waals surface area contributed by atoms with Crippen LogP contribution in [0.5, 0.6) is 0 Å². The normalized spacial score (nSPS) is 13.8. The zero-order valence-corrected chi connectivity index (χ0v) is 19.3. The van der Waals surface area contributed by atoms with E-state index in [1.54, 1.807) is 12.1 Å². The number of hydrogen-bond acceptors (Lipinski definition) is 5. The predicted octanol–water partition coefficient (Wildman–Crippen LogP) is 4.07. The standard InChI is InChI=1S/C25H29F2N5O/c1-4-31(14-17-9-10-17)16-24-29-28-23(15-30(2)3)32(24)22-12-11-18(26)13-20(22)25(33)19-7-5-6-8-21(19)27/h5-8,11-13,17H,4,9-10,14-16H2,1-3H3. The lowest BCUT2D eigenvalue weighted by atomic mass is 10.0. The van der Waals surface area contributed by atoms with Gasteiger partial charge in [-0.3, -0.25) is 14.3 Å². The van der Waals surface area contributed by atoms with Gasteiger partial charge in [0.1, 0.15) is 11.6 Å². The summed E-state index contributed by atoms with van der Waals surface area (Å²) < 4.78 is 30.5. The number of halogens is 2. The van der Waals surface area contributed by atoms with Gasteiger partial charge in [0.15, 0.2) is 17.4 Å². The highest BCUT2D eigenvalue weighted by Crippen LogP contribution is 2.30. The molecule has 0 N–H and O–H groups in total. The van der Waals surface area contributed by atoms with E-state index in [0.29, 0.717) is 36.3 Å². The molecule has 6 nitrogen and oxygen atoms in total. The SMILES string of the molecule is CCN(Cc1nnc(CN(C)C)n1-c1ccc(F)cc1C(=O)c1ccccc1F)CC1CC1. The summed E-state index contributed by atoms with van der Waals surface area (Å²) in [5, 5.41) is 8.83.